The van der Waals surface area contributed by atoms with Crippen molar-refractivity contribution in [2.75, 3.05) is 10.7 Å². The van der Waals surface area contributed by atoms with Crippen LogP contribution in [0.25, 0.3) is 0 Å². The Labute approximate surface area is 222 Å². The molecule has 2 N–H and O–H groups in total. The highest BCUT2D eigenvalue weighted by atomic mass is 35.5. The number of rotatable bonds is 6. The third-order valence-electron chi connectivity index (χ3n) is 5.16. The van der Waals surface area contributed by atoms with Gasteiger partial charge in [0.25, 0.3) is 0 Å². The second kappa shape index (κ2) is 12.4. The van der Waals surface area contributed by atoms with Gasteiger partial charge in [0.05, 0.1) is 18.3 Å². The van der Waals surface area contributed by atoms with E-state index < -0.39 is 12.4 Å². The Morgan fingerprint density at radius 3 is 2.47 bits per heavy atom. The molecule has 1 aliphatic rings. The number of halogens is 5. The first-order valence-electron chi connectivity index (χ1n) is 10.3. The number of ether oxygens (including phenoxy) is 1. The van der Waals surface area contributed by atoms with E-state index in [9.17, 15) is 22.8 Å². The Morgan fingerprint density at radius 2 is 1.83 bits per heavy atom. The van der Waals surface area contributed by atoms with Gasteiger partial charge in [-0.2, -0.15) is 0 Å². The van der Waals surface area contributed by atoms with Crippen molar-refractivity contribution < 1.29 is 27.5 Å². The number of ketones is 1. The van der Waals surface area contributed by atoms with Crippen LogP contribution in [0.1, 0.15) is 21.5 Å². The molecule has 6 nitrogen and oxygen atoms in total. The summed E-state index contributed by atoms with van der Waals surface area (Å²) in [6.07, 6.45) is -1.38. The Balaban J connectivity index is 0.00000228. The van der Waals surface area contributed by atoms with Gasteiger partial charge < -0.3 is 15.4 Å². The highest BCUT2D eigenvalue weighted by molar-refractivity contribution is 7.99. The fourth-order valence-electron chi connectivity index (χ4n) is 3.53. The summed E-state index contributed by atoms with van der Waals surface area (Å²) in [5.41, 5.74) is 8.39. The molecule has 12 heteroatoms. The molecule has 1 aromatic heterocycles. The average molecular weight is 560 g/mol. The van der Waals surface area contributed by atoms with Crippen molar-refractivity contribution in [3.05, 3.63) is 83.7 Å². The molecule has 2 heterocycles. The molecule has 4 rings (SSSR count). The van der Waals surface area contributed by atoms with Gasteiger partial charge in [-0.25, -0.2) is 0 Å². The third-order valence-corrected chi connectivity index (χ3v) is 6.34. The minimum atomic E-state index is -4.79. The molecule has 0 bridgehead atoms. The molecule has 0 spiro atoms. The summed E-state index contributed by atoms with van der Waals surface area (Å²) >= 11 is 1.42. The molecular formula is C24H22Cl2F3N3O3S. The molecule has 0 saturated heterocycles. The lowest BCUT2D eigenvalue weighted by Gasteiger charge is -2.25. The quantitative estimate of drug-likeness (QED) is 0.417. The number of carbonyl (C=O) groups is 2. The molecule has 1 aliphatic heterocycles. The van der Waals surface area contributed by atoms with Crippen LogP contribution in [0.3, 0.4) is 0 Å². The SMILES string of the molecule is Cl.Cl.N[C@H]1CSc2ccc(C(=O)Cc3cccnc3)cc2N(Cc2ccc(OC(F)(F)F)cc2)C1=O. The Morgan fingerprint density at radius 1 is 1.11 bits per heavy atom. The zero-order valence-corrected chi connectivity index (χ0v) is 21.1. The third kappa shape index (κ3) is 7.36. The predicted molar refractivity (Wildman–Crippen MR) is 136 cm³/mol. The average Bonchev–Trinajstić information content (AvgIpc) is 2.92. The number of benzene rings is 2. The molecular weight excluding hydrogens is 538 g/mol. The number of thioether (sulfide) groups is 1. The summed E-state index contributed by atoms with van der Waals surface area (Å²) in [6, 6.07) is 13.3. The number of hydrogen-bond donors (Lipinski definition) is 1. The zero-order valence-electron chi connectivity index (χ0n) is 18.6. The standard InChI is InChI=1S/C24H20F3N3O3S.2ClH/c25-24(26,27)33-18-6-3-15(4-7-18)13-30-20-11-17(21(31)10-16-2-1-9-29-12-16)5-8-22(20)34-14-19(28)23(30)32;;/h1-9,11-12,19H,10,13-14,28H2;2*1H/t19-;;/m0../s1. The van der Waals surface area contributed by atoms with E-state index in [1.807, 2.05) is 6.07 Å². The van der Waals surface area contributed by atoms with Crippen LogP contribution in [-0.2, 0) is 17.8 Å². The summed E-state index contributed by atoms with van der Waals surface area (Å²) in [5, 5.41) is 0. The van der Waals surface area contributed by atoms with E-state index in [1.165, 1.54) is 40.9 Å². The van der Waals surface area contributed by atoms with Crippen molar-refractivity contribution in [1.29, 1.82) is 0 Å². The van der Waals surface area contributed by atoms with Crippen LogP contribution in [0.2, 0.25) is 0 Å². The van der Waals surface area contributed by atoms with E-state index in [1.54, 1.807) is 36.7 Å². The molecule has 2 aromatic carbocycles. The topological polar surface area (TPSA) is 85.5 Å². The number of nitrogens with two attached hydrogens (primary N) is 1. The molecule has 0 unspecified atom stereocenters. The van der Waals surface area contributed by atoms with Gasteiger partial charge in [0, 0.05) is 35.0 Å². The first-order valence-corrected chi connectivity index (χ1v) is 11.3. The zero-order chi connectivity index (χ0) is 24.3. The summed E-state index contributed by atoms with van der Waals surface area (Å²) < 4.78 is 41.2. The van der Waals surface area contributed by atoms with Crippen LogP contribution in [0, 0.1) is 0 Å². The minimum absolute atomic E-state index is 0. The molecule has 192 valence electrons. The maximum Gasteiger partial charge on any atom is 0.573 e. The number of anilines is 1. The molecule has 0 aliphatic carbocycles. The van der Waals surface area contributed by atoms with Crippen LogP contribution in [0.5, 0.6) is 5.75 Å². The van der Waals surface area contributed by atoms with Gasteiger partial charge in [0.15, 0.2) is 5.78 Å². The largest absolute Gasteiger partial charge is 0.573 e. The van der Waals surface area contributed by atoms with Gasteiger partial charge >= 0.3 is 6.36 Å². The number of amides is 1. The van der Waals surface area contributed by atoms with Crippen molar-refractivity contribution in [3.8, 4) is 5.75 Å². The summed E-state index contributed by atoms with van der Waals surface area (Å²) in [6.45, 7) is 0.0760. The number of hydrogen-bond acceptors (Lipinski definition) is 6. The number of aromatic nitrogens is 1. The van der Waals surface area contributed by atoms with Crippen molar-refractivity contribution in [1.82, 2.24) is 4.98 Å². The Bertz CT molecular complexity index is 1200. The van der Waals surface area contributed by atoms with Gasteiger partial charge in [-0.15, -0.1) is 49.7 Å². The number of fused-ring (bicyclic) bond motifs is 1. The van der Waals surface area contributed by atoms with E-state index in [4.69, 9.17) is 5.73 Å². The molecule has 0 fully saturated rings. The first-order chi connectivity index (χ1) is 16.2. The molecule has 3 aromatic rings. The van der Waals surface area contributed by atoms with Crippen LogP contribution in [-0.4, -0.2) is 34.8 Å². The number of nitrogens with zero attached hydrogens (tertiary/aromatic N) is 2. The minimum Gasteiger partial charge on any atom is -0.406 e. The number of pyridine rings is 1. The van der Waals surface area contributed by atoms with Gasteiger partial charge in [-0.05, 0) is 41.5 Å². The smallest absolute Gasteiger partial charge is 0.406 e. The molecule has 36 heavy (non-hydrogen) atoms. The molecule has 0 saturated carbocycles. The lowest BCUT2D eigenvalue weighted by molar-refractivity contribution is -0.274. The number of Topliss-reactive ketones (excluding diaryl/α,β-unsaturated/α-hetero) is 1. The van der Waals surface area contributed by atoms with E-state index in [-0.39, 0.29) is 55.2 Å². The maximum atomic E-state index is 13.1. The summed E-state index contributed by atoms with van der Waals surface area (Å²) in [4.78, 5) is 32.2. The van der Waals surface area contributed by atoms with E-state index in [0.29, 0.717) is 22.6 Å². The normalized spacial score (nSPS) is 15.2. The van der Waals surface area contributed by atoms with Crippen molar-refractivity contribution >= 4 is 54.0 Å². The fourth-order valence-corrected chi connectivity index (χ4v) is 4.51. The highest BCUT2D eigenvalue weighted by Gasteiger charge is 2.32. The van der Waals surface area contributed by atoms with Gasteiger partial charge in [-0.3, -0.25) is 14.6 Å². The number of carbonyl (C=O) groups excluding carboxylic acids is 2. The number of alkyl halides is 3. The highest BCUT2D eigenvalue weighted by Crippen LogP contribution is 2.36. The van der Waals surface area contributed by atoms with E-state index in [0.717, 1.165) is 10.5 Å². The van der Waals surface area contributed by atoms with Gasteiger partial charge in [0.2, 0.25) is 5.91 Å². The van der Waals surface area contributed by atoms with Crippen LogP contribution < -0.4 is 15.4 Å². The second-order valence-electron chi connectivity index (χ2n) is 7.68. The monoisotopic (exact) mass is 559 g/mol. The van der Waals surface area contributed by atoms with E-state index >= 15 is 0 Å². The van der Waals surface area contributed by atoms with Crippen molar-refractivity contribution in [3.63, 3.8) is 0 Å². The lowest BCUT2D eigenvalue weighted by atomic mass is 10.0. The lowest BCUT2D eigenvalue weighted by Crippen LogP contribution is -2.44. The van der Waals surface area contributed by atoms with E-state index in [2.05, 4.69) is 9.72 Å². The van der Waals surface area contributed by atoms with Crippen LogP contribution in [0.15, 0.2) is 71.9 Å². The Kier molecular flexibility index (Phi) is 10.2. The summed E-state index contributed by atoms with van der Waals surface area (Å²) in [5.74, 6) is -0.451. The van der Waals surface area contributed by atoms with Gasteiger partial charge in [-0.1, -0.05) is 24.3 Å². The van der Waals surface area contributed by atoms with Crippen LogP contribution >= 0.6 is 36.6 Å². The summed E-state index contributed by atoms with van der Waals surface area (Å²) in [7, 11) is 0. The molecule has 0 radical (unpaired) electrons. The van der Waals surface area contributed by atoms with Crippen molar-refractivity contribution in [2.45, 2.75) is 30.3 Å². The maximum absolute atomic E-state index is 13.1. The first kappa shape index (κ1) is 29.4. The molecule has 1 amide bonds. The Hall–Kier alpha value is -2.79. The van der Waals surface area contributed by atoms with Gasteiger partial charge in [0.1, 0.15) is 5.75 Å². The molecule has 1 atom stereocenters. The second-order valence-corrected chi connectivity index (χ2v) is 8.74. The fraction of sp³-hybridized carbons (Fsp3) is 0.208. The predicted octanol–water partition coefficient (Wildman–Crippen LogP) is 5.22. The van der Waals surface area contributed by atoms with Crippen molar-refractivity contribution in [2.24, 2.45) is 5.73 Å². The van der Waals surface area contributed by atoms with Crippen LogP contribution in [0.4, 0.5) is 18.9 Å².